The molecule has 2 atom stereocenters. The lowest BCUT2D eigenvalue weighted by Gasteiger charge is -2.19. The SMILES string of the molecule is COC1CC(C(=O)O)N(c2nc(C3CC3)ns2)C1. The molecule has 2 heterocycles. The van der Waals surface area contributed by atoms with Crippen molar-refractivity contribution in [3.63, 3.8) is 0 Å². The summed E-state index contributed by atoms with van der Waals surface area (Å²) >= 11 is 1.29. The van der Waals surface area contributed by atoms with Gasteiger partial charge in [-0.3, -0.25) is 0 Å². The summed E-state index contributed by atoms with van der Waals surface area (Å²) in [7, 11) is 1.61. The van der Waals surface area contributed by atoms with Crippen molar-refractivity contribution in [2.24, 2.45) is 0 Å². The first-order valence-corrected chi connectivity index (χ1v) is 6.82. The molecule has 1 N–H and O–H groups in total. The predicted octanol–water partition coefficient (Wildman–Crippen LogP) is 1.09. The second-order valence-corrected chi connectivity index (χ2v) is 5.54. The molecule has 7 heteroatoms. The normalized spacial score (nSPS) is 27.7. The van der Waals surface area contributed by atoms with Crippen LogP contribution in [0, 0.1) is 0 Å². The first-order chi connectivity index (χ1) is 8.69. The van der Waals surface area contributed by atoms with E-state index in [1.807, 2.05) is 0 Å². The molecule has 0 bridgehead atoms. The quantitative estimate of drug-likeness (QED) is 0.882. The molecule has 0 radical (unpaired) electrons. The minimum atomic E-state index is -0.822. The molecule has 2 aliphatic rings. The zero-order valence-corrected chi connectivity index (χ0v) is 10.9. The zero-order chi connectivity index (χ0) is 12.7. The number of anilines is 1. The summed E-state index contributed by atoms with van der Waals surface area (Å²) in [6.07, 6.45) is 2.77. The van der Waals surface area contributed by atoms with Gasteiger partial charge in [-0.05, 0) is 12.8 Å². The number of hydrogen-bond donors (Lipinski definition) is 1. The van der Waals surface area contributed by atoms with Gasteiger partial charge >= 0.3 is 5.97 Å². The molecule has 3 rings (SSSR count). The average molecular weight is 269 g/mol. The van der Waals surface area contributed by atoms with Crippen LogP contribution in [0.2, 0.25) is 0 Å². The number of carboxylic acid groups (broad SMARTS) is 1. The van der Waals surface area contributed by atoms with E-state index in [0.717, 1.165) is 18.7 Å². The first-order valence-electron chi connectivity index (χ1n) is 6.05. The van der Waals surface area contributed by atoms with Gasteiger partial charge in [0.2, 0.25) is 5.13 Å². The Labute approximate surface area is 109 Å². The average Bonchev–Trinajstić information content (AvgIpc) is 2.94. The fraction of sp³-hybridized carbons (Fsp3) is 0.727. The summed E-state index contributed by atoms with van der Waals surface area (Å²) in [5.74, 6) is 0.553. The summed E-state index contributed by atoms with van der Waals surface area (Å²) in [4.78, 5) is 17.5. The van der Waals surface area contributed by atoms with Gasteiger partial charge in [-0.25, -0.2) is 9.78 Å². The van der Waals surface area contributed by atoms with Crippen molar-refractivity contribution < 1.29 is 14.6 Å². The van der Waals surface area contributed by atoms with Crippen molar-refractivity contribution in [2.75, 3.05) is 18.6 Å². The number of carboxylic acids is 1. The lowest BCUT2D eigenvalue weighted by Crippen LogP contribution is -2.35. The van der Waals surface area contributed by atoms with Crippen molar-refractivity contribution >= 4 is 22.6 Å². The molecule has 18 heavy (non-hydrogen) atoms. The Hall–Kier alpha value is -1.21. The van der Waals surface area contributed by atoms with Crippen LogP contribution < -0.4 is 4.90 Å². The van der Waals surface area contributed by atoms with E-state index in [2.05, 4.69) is 9.36 Å². The van der Waals surface area contributed by atoms with Crippen molar-refractivity contribution in [1.82, 2.24) is 9.36 Å². The van der Waals surface area contributed by atoms with Crippen LogP contribution in [0.4, 0.5) is 5.13 Å². The Kier molecular flexibility index (Phi) is 2.95. The number of aliphatic carboxylic acids is 1. The molecule has 1 saturated heterocycles. The Morgan fingerprint density at radius 1 is 1.56 bits per heavy atom. The topological polar surface area (TPSA) is 75.6 Å². The van der Waals surface area contributed by atoms with E-state index in [4.69, 9.17) is 4.74 Å². The first kappa shape index (κ1) is 11.9. The summed E-state index contributed by atoms with van der Waals surface area (Å²) in [5, 5.41) is 9.96. The van der Waals surface area contributed by atoms with Gasteiger partial charge in [0.15, 0.2) is 0 Å². The van der Waals surface area contributed by atoms with E-state index < -0.39 is 12.0 Å². The van der Waals surface area contributed by atoms with E-state index in [9.17, 15) is 9.90 Å². The van der Waals surface area contributed by atoms with E-state index in [1.165, 1.54) is 11.5 Å². The van der Waals surface area contributed by atoms with Crippen LogP contribution in [0.1, 0.15) is 31.0 Å². The summed E-state index contributed by atoms with van der Waals surface area (Å²) in [6, 6.07) is -0.546. The molecule has 1 aliphatic heterocycles. The molecular formula is C11H15N3O3S. The van der Waals surface area contributed by atoms with Crippen LogP contribution in [0.25, 0.3) is 0 Å². The molecule has 1 aliphatic carbocycles. The lowest BCUT2D eigenvalue weighted by atomic mass is 10.2. The second-order valence-electron chi connectivity index (χ2n) is 4.81. The second kappa shape index (κ2) is 4.47. The molecule has 0 amide bonds. The Balaban J connectivity index is 1.81. The maximum atomic E-state index is 11.3. The van der Waals surface area contributed by atoms with Crippen LogP contribution in [0.3, 0.4) is 0 Å². The number of hydrogen-bond acceptors (Lipinski definition) is 6. The standard InChI is InChI=1S/C11H15N3O3S/c1-17-7-4-8(10(15)16)14(5-7)11-12-9(13-18-11)6-2-3-6/h6-8H,2-5H2,1H3,(H,15,16). The van der Waals surface area contributed by atoms with Gasteiger partial charge < -0.3 is 14.7 Å². The maximum Gasteiger partial charge on any atom is 0.326 e. The van der Waals surface area contributed by atoms with Gasteiger partial charge in [-0.1, -0.05) is 0 Å². The van der Waals surface area contributed by atoms with E-state index >= 15 is 0 Å². The highest BCUT2D eigenvalue weighted by molar-refractivity contribution is 7.09. The third kappa shape index (κ3) is 2.08. The van der Waals surface area contributed by atoms with Gasteiger partial charge in [0.25, 0.3) is 0 Å². The summed E-state index contributed by atoms with van der Waals surface area (Å²) in [5.41, 5.74) is 0. The fourth-order valence-corrected chi connectivity index (χ4v) is 3.07. The number of nitrogens with zero attached hydrogens (tertiary/aromatic N) is 3. The van der Waals surface area contributed by atoms with Gasteiger partial charge in [0, 0.05) is 37.5 Å². The van der Waals surface area contributed by atoms with Crippen LogP contribution in [-0.2, 0) is 9.53 Å². The minimum Gasteiger partial charge on any atom is -0.480 e. The predicted molar refractivity (Wildman–Crippen MR) is 66.1 cm³/mol. The van der Waals surface area contributed by atoms with Gasteiger partial charge in [-0.15, -0.1) is 0 Å². The smallest absolute Gasteiger partial charge is 0.326 e. The molecule has 0 spiro atoms. The van der Waals surface area contributed by atoms with Crippen molar-refractivity contribution in [1.29, 1.82) is 0 Å². The minimum absolute atomic E-state index is 0.0422. The van der Waals surface area contributed by atoms with Gasteiger partial charge in [0.05, 0.1) is 6.10 Å². The number of aromatic nitrogens is 2. The van der Waals surface area contributed by atoms with Crippen LogP contribution in [0.15, 0.2) is 0 Å². The lowest BCUT2D eigenvalue weighted by molar-refractivity contribution is -0.138. The van der Waals surface area contributed by atoms with E-state index in [-0.39, 0.29) is 6.10 Å². The Bertz CT molecular complexity index is 460. The zero-order valence-electron chi connectivity index (χ0n) is 10.1. The monoisotopic (exact) mass is 269 g/mol. The van der Waals surface area contributed by atoms with Crippen LogP contribution in [0.5, 0.6) is 0 Å². The van der Waals surface area contributed by atoms with Crippen molar-refractivity contribution in [2.45, 2.75) is 37.3 Å². The molecule has 2 unspecified atom stereocenters. The highest BCUT2D eigenvalue weighted by Crippen LogP contribution is 2.40. The number of ether oxygens (including phenoxy) is 1. The van der Waals surface area contributed by atoms with E-state index in [0.29, 0.717) is 24.0 Å². The van der Waals surface area contributed by atoms with Crippen molar-refractivity contribution in [3.05, 3.63) is 5.82 Å². The van der Waals surface area contributed by atoms with E-state index in [1.54, 1.807) is 12.0 Å². The number of methoxy groups -OCH3 is 1. The summed E-state index contributed by atoms with van der Waals surface area (Å²) in [6.45, 7) is 0.576. The summed E-state index contributed by atoms with van der Waals surface area (Å²) < 4.78 is 9.58. The molecular weight excluding hydrogens is 254 g/mol. The Morgan fingerprint density at radius 3 is 2.94 bits per heavy atom. The van der Waals surface area contributed by atoms with Gasteiger partial charge in [0.1, 0.15) is 11.9 Å². The molecule has 1 saturated carbocycles. The van der Waals surface area contributed by atoms with Crippen LogP contribution in [-0.4, -0.2) is 46.2 Å². The molecule has 1 aromatic rings. The third-order valence-corrected chi connectivity index (χ3v) is 4.27. The maximum absolute atomic E-state index is 11.3. The molecule has 1 aromatic heterocycles. The third-order valence-electron chi connectivity index (χ3n) is 3.50. The highest BCUT2D eigenvalue weighted by Gasteiger charge is 2.39. The molecule has 6 nitrogen and oxygen atoms in total. The van der Waals surface area contributed by atoms with Crippen molar-refractivity contribution in [3.8, 4) is 0 Å². The molecule has 2 fully saturated rings. The molecule has 98 valence electrons. The molecule has 0 aromatic carbocycles. The highest BCUT2D eigenvalue weighted by atomic mass is 32.1. The fourth-order valence-electron chi connectivity index (χ4n) is 2.26. The van der Waals surface area contributed by atoms with Crippen LogP contribution >= 0.6 is 11.5 Å². The van der Waals surface area contributed by atoms with Gasteiger partial charge in [-0.2, -0.15) is 4.37 Å². The Morgan fingerprint density at radius 2 is 2.33 bits per heavy atom. The number of carbonyl (C=O) groups is 1. The largest absolute Gasteiger partial charge is 0.480 e. The number of rotatable bonds is 4.